The van der Waals surface area contributed by atoms with Gasteiger partial charge in [-0.05, 0) is 38.5 Å². The number of carbonyl (C=O) groups excluding carboxylic acids is 1. The van der Waals surface area contributed by atoms with Gasteiger partial charge in [0.1, 0.15) is 5.54 Å². The lowest BCUT2D eigenvalue weighted by atomic mass is 9.93. The number of esters is 1. The third kappa shape index (κ3) is 5.96. The molecule has 0 aliphatic heterocycles. The van der Waals surface area contributed by atoms with E-state index in [1.54, 1.807) is 0 Å². The van der Waals surface area contributed by atoms with E-state index in [0.29, 0.717) is 11.6 Å². The molecule has 1 rings (SSSR count). The summed E-state index contributed by atoms with van der Waals surface area (Å²) >= 11 is 6.00. The summed E-state index contributed by atoms with van der Waals surface area (Å²) in [4.78, 5) is 12.3. The van der Waals surface area contributed by atoms with Crippen LogP contribution < -0.4 is 5.32 Å². The van der Waals surface area contributed by atoms with E-state index in [2.05, 4.69) is 12.2 Å². The Hall–Kier alpha value is -1.22. The van der Waals surface area contributed by atoms with Crippen molar-refractivity contribution in [3.8, 4) is 0 Å². The highest BCUT2D eigenvalue weighted by atomic mass is 35.5. The number of rotatable bonds is 9. The van der Waals surface area contributed by atoms with Crippen molar-refractivity contribution in [3.05, 3.63) is 29.3 Å². The lowest BCUT2D eigenvalue weighted by Crippen LogP contribution is -2.44. The third-order valence-corrected chi connectivity index (χ3v) is 3.74. The maximum atomic E-state index is 12.3. The molecule has 0 radical (unpaired) electrons. The molecule has 0 heterocycles. The van der Waals surface area contributed by atoms with Crippen molar-refractivity contribution in [2.75, 3.05) is 11.9 Å². The minimum atomic E-state index is -0.714. The molecular weight excluding hydrogens is 286 g/mol. The molecule has 0 fully saturated rings. The van der Waals surface area contributed by atoms with Crippen molar-refractivity contribution in [2.24, 2.45) is 0 Å². The van der Waals surface area contributed by atoms with E-state index in [1.807, 2.05) is 38.1 Å². The zero-order valence-electron chi connectivity index (χ0n) is 13.2. The maximum Gasteiger partial charge on any atom is 0.331 e. The predicted octanol–water partition coefficient (Wildman–Crippen LogP) is 5.04. The average Bonchev–Trinajstić information content (AvgIpc) is 2.44. The molecule has 0 saturated heterocycles. The van der Waals surface area contributed by atoms with Gasteiger partial charge < -0.3 is 10.1 Å². The van der Waals surface area contributed by atoms with Crippen LogP contribution in [0.1, 0.15) is 52.9 Å². The average molecular weight is 312 g/mol. The van der Waals surface area contributed by atoms with Gasteiger partial charge in [0.25, 0.3) is 0 Å². The molecule has 1 aromatic carbocycles. The van der Waals surface area contributed by atoms with E-state index in [-0.39, 0.29) is 5.97 Å². The van der Waals surface area contributed by atoms with Crippen LogP contribution in [0.4, 0.5) is 5.69 Å². The number of hydrogen-bond donors (Lipinski definition) is 1. The van der Waals surface area contributed by atoms with Crippen LogP contribution in [-0.2, 0) is 9.53 Å². The lowest BCUT2D eigenvalue weighted by molar-refractivity contribution is -0.148. The van der Waals surface area contributed by atoms with Gasteiger partial charge in [-0.3, -0.25) is 0 Å². The van der Waals surface area contributed by atoms with Crippen LogP contribution in [0, 0.1) is 0 Å². The standard InChI is InChI=1S/C17H26ClNO2/c1-4-6-7-8-12-17(3,16(20)21-5-2)19-15-11-9-10-14(18)13-15/h9-11,13,19H,4-8,12H2,1-3H3. The summed E-state index contributed by atoms with van der Waals surface area (Å²) in [6.07, 6.45) is 5.24. The SMILES string of the molecule is CCCCCCC(C)(Nc1cccc(Cl)c1)C(=O)OCC. The Kier molecular flexibility index (Phi) is 7.58. The normalized spacial score (nSPS) is 13.5. The van der Waals surface area contributed by atoms with E-state index < -0.39 is 5.54 Å². The molecule has 3 nitrogen and oxygen atoms in total. The monoisotopic (exact) mass is 311 g/mol. The fourth-order valence-corrected chi connectivity index (χ4v) is 2.49. The minimum absolute atomic E-state index is 0.207. The molecule has 0 amide bonds. The number of halogens is 1. The van der Waals surface area contributed by atoms with Crippen LogP contribution in [-0.4, -0.2) is 18.1 Å². The molecule has 1 atom stereocenters. The summed E-state index contributed by atoms with van der Waals surface area (Å²) in [5.41, 5.74) is 0.127. The Morgan fingerprint density at radius 3 is 2.67 bits per heavy atom. The lowest BCUT2D eigenvalue weighted by Gasteiger charge is -2.29. The molecule has 0 spiro atoms. The van der Waals surface area contributed by atoms with E-state index in [9.17, 15) is 4.79 Å². The van der Waals surface area contributed by atoms with Crippen LogP contribution in [0.25, 0.3) is 0 Å². The summed E-state index contributed by atoms with van der Waals surface area (Å²) in [5.74, 6) is -0.207. The molecule has 1 unspecified atom stereocenters. The number of unbranched alkanes of at least 4 members (excludes halogenated alkanes) is 3. The number of anilines is 1. The van der Waals surface area contributed by atoms with Gasteiger partial charge in [-0.15, -0.1) is 0 Å². The van der Waals surface area contributed by atoms with Gasteiger partial charge in [-0.1, -0.05) is 50.3 Å². The molecule has 4 heteroatoms. The maximum absolute atomic E-state index is 12.3. The van der Waals surface area contributed by atoms with E-state index in [0.717, 1.165) is 24.9 Å². The van der Waals surface area contributed by atoms with Crippen LogP contribution >= 0.6 is 11.6 Å². The second kappa shape index (κ2) is 8.93. The van der Waals surface area contributed by atoms with E-state index in [4.69, 9.17) is 16.3 Å². The van der Waals surface area contributed by atoms with Crippen molar-refractivity contribution in [1.82, 2.24) is 0 Å². The van der Waals surface area contributed by atoms with Gasteiger partial charge in [-0.2, -0.15) is 0 Å². The number of benzene rings is 1. The molecular formula is C17H26ClNO2. The Balaban J connectivity index is 2.77. The number of hydrogen-bond acceptors (Lipinski definition) is 3. The first-order valence-electron chi connectivity index (χ1n) is 7.73. The van der Waals surface area contributed by atoms with Crippen molar-refractivity contribution >= 4 is 23.3 Å². The third-order valence-electron chi connectivity index (χ3n) is 3.50. The quantitative estimate of drug-likeness (QED) is 0.512. The van der Waals surface area contributed by atoms with Gasteiger partial charge in [0, 0.05) is 10.7 Å². The highest BCUT2D eigenvalue weighted by Crippen LogP contribution is 2.25. The summed E-state index contributed by atoms with van der Waals surface area (Å²) in [6.45, 7) is 6.29. The first kappa shape index (κ1) is 17.8. The largest absolute Gasteiger partial charge is 0.464 e. The Labute approximate surface area is 133 Å². The highest BCUT2D eigenvalue weighted by Gasteiger charge is 2.34. The van der Waals surface area contributed by atoms with Crippen molar-refractivity contribution < 1.29 is 9.53 Å². The first-order chi connectivity index (χ1) is 10.0. The molecule has 118 valence electrons. The molecule has 0 bridgehead atoms. The Bertz CT molecular complexity index is 450. The van der Waals surface area contributed by atoms with Crippen LogP contribution in [0.3, 0.4) is 0 Å². The van der Waals surface area contributed by atoms with Gasteiger partial charge in [0.05, 0.1) is 6.61 Å². The summed E-state index contributed by atoms with van der Waals surface area (Å²) in [6, 6.07) is 7.42. The summed E-state index contributed by atoms with van der Waals surface area (Å²) < 4.78 is 5.23. The Morgan fingerprint density at radius 2 is 2.05 bits per heavy atom. The van der Waals surface area contributed by atoms with Gasteiger partial charge >= 0.3 is 5.97 Å². The smallest absolute Gasteiger partial charge is 0.331 e. The molecule has 0 aliphatic rings. The van der Waals surface area contributed by atoms with Gasteiger partial charge in [-0.25, -0.2) is 4.79 Å². The number of nitrogens with one attached hydrogen (secondary N) is 1. The van der Waals surface area contributed by atoms with Crippen LogP contribution in [0.5, 0.6) is 0 Å². The zero-order chi connectivity index (χ0) is 15.7. The molecule has 21 heavy (non-hydrogen) atoms. The van der Waals surface area contributed by atoms with E-state index >= 15 is 0 Å². The fraction of sp³-hybridized carbons (Fsp3) is 0.588. The fourth-order valence-electron chi connectivity index (χ4n) is 2.30. The van der Waals surface area contributed by atoms with Gasteiger partial charge in [0.15, 0.2) is 0 Å². The zero-order valence-corrected chi connectivity index (χ0v) is 14.0. The number of ether oxygens (including phenoxy) is 1. The molecule has 0 aromatic heterocycles. The minimum Gasteiger partial charge on any atom is -0.464 e. The van der Waals surface area contributed by atoms with Gasteiger partial charge in [0.2, 0.25) is 0 Å². The molecule has 1 N–H and O–H groups in total. The molecule has 0 aliphatic carbocycles. The van der Waals surface area contributed by atoms with Crippen molar-refractivity contribution in [1.29, 1.82) is 0 Å². The van der Waals surface area contributed by atoms with Crippen LogP contribution in [0.15, 0.2) is 24.3 Å². The van der Waals surface area contributed by atoms with Crippen LogP contribution in [0.2, 0.25) is 5.02 Å². The number of carbonyl (C=O) groups is 1. The molecule has 1 aromatic rings. The molecule has 0 saturated carbocycles. The summed E-state index contributed by atoms with van der Waals surface area (Å²) in [7, 11) is 0. The second-order valence-corrected chi connectivity index (χ2v) is 5.94. The summed E-state index contributed by atoms with van der Waals surface area (Å²) in [5, 5.41) is 3.95. The van der Waals surface area contributed by atoms with Crippen molar-refractivity contribution in [2.45, 2.75) is 58.4 Å². The van der Waals surface area contributed by atoms with E-state index in [1.165, 1.54) is 12.8 Å². The predicted molar refractivity (Wildman–Crippen MR) is 88.9 cm³/mol. The topological polar surface area (TPSA) is 38.3 Å². The highest BCUT2D eigenvalue weighted by molar-refractivity contribution is 6.30. The Morgan fingerprint density at radius 1 is 1.29 bits per heavy atom. The second-order valence-electron chi connectivity index (χ2n) is 5.50. The van der Waals surface area contributed by atoms with Crippen molar-refractivity contribution in [3.63, 3.8) is 0 Å². The first-order valence-corrected chi connectivity index (χ1v) is 8.10.